The first-order valence-electron chi connectivity index (χ1n) is 5.83. The number of benzene rings is 1. The number of aryl methyl sites for hydroxylation is 1. The molecular formula is C13H17N3O2. The van der Waals surface area contributed by atoms with Crippen LogP contribution in [-0.2, 0) is 0 Å². The lowest BCUT2D eigenvalue weighted by atomic mass is 10.1. The molecule has 1 unspecified atom stereocenters. The summed E-state index contributed by atoms with van der Waals surface area (Å²) in [6.45, 7) is 2.37. The van der Waals surface area contributed by atoms with Gasteiger partial charge in [-0.25, -0.2) is 4.79 Å². The Labute approximate surface area is 105 Å². The molecule has 0 radical (unpaired) electrons. The van der Waals surface area contributed by atoms with Gasteiger partial charge in [0.05, 0.1) is 11.8 Å². The van der Waals surface area contributed by atoms with Gasteiger partial charge in [-0.15, -0.1) is 0 Å². The number of aliphatic hydroxyl groups excluding tert-OH is 1. The van der Waals surface area contributed by atoms with Gasteiger partial charge in [-0.2, -0.15) is 0 Å². The van der Waals surface area contributed by atoms with Crippen molar-refractivity contribution in [1.29, 1.82) is 0 Å². The molecule has 2 aromatic rings. The molecule has 1 aromatic heterocycles. The van der Waals surface area contributed by atoms with E-state index in [2.05, 4.69) is 10.3 Å². The Balaban J connectivity index is 2.31. The topological polar surface area (TPSA) is 70.0 Å². The van der Waals surface area contributed by atoms with E-state index in [4.69, 9.17) is 0 Å². The molecule has 0 fully saturated rings. The number of hydrogen-bond acceptors (Lipinski definition) is 3. The van der Waals surface area contributed by atoms with Crippen molar-refractivity contribution in [2.45, 2.75) is 13.0 Å². The number of aromatic amines is 1. The summed E-state index contributed by atoms with van der Waals surface area (Å²) in [7, 11) is 1.79. The van der Waals surface area contributed by atoms with Crippen LogP contribution in [0.5, 0.6) is 0 Å². The van der Waals surface area contributed by atoms with Crippen LogP contribution in [-0.4, -0.2) is 28.3 Å². The molecule has 0 aliphatic heterocycles. The molecule has 0 bridgehead atoms. The Hall–Kier alpha value is -1.85. The van der Waals surface area contributed by atoms with Crippen molar-refractivity contribution in [3.05, 3.63) is 52.2 Å². The van der Waals surface area contributed by atoms with Gasteiger partial charge in [0.2, 0.25) is 0 Å². The van der Waals surface area contributed by atoms with Crippen molar-refractivity contribution in [3.63, 3.8) is 0 Å². The monoisotopic (exact) mass is 247 g/mol. The van der Waals surface area contributed by atoms with Gasteiger partial charge in [0.1, 0.15) is 0 Å². The molecule has 0 amide bonds. The Morgan fingerprint density at radius 1 is 1.39 bits per heavy atom. The Morgan fingerprint density at radius 3 is 2.56 bits per heavy atom. The second-order valence-corrected chi connectivity index (χ2v) is 4.24. The van der Waals surface area contributed by atoms with Crippen molar-refractivity contribution < 1.29 is 5.11 Å². The molecule has 5 nitrogen and oxygen atoms in total. The first-order chi connectivity index (χ1) is 8.63. The van der Waals surface area contributed by atoms with E-state index in [9.17, 15) is 9.90 Å². The molecule has 0 spiro atoms. The number of hydrogen-bond donors (Lipinski definition) is 3. The first-order valence-corrected chi connectivity index (χ1v) is 5.83. The maximum Gasteiger partial charge on any atom is 0.330 e. The minimum absolute atomic E-state index is 0.156. The SMILES string of the molecule is CNCC(O)c1ccc(-n2c(C)c[nH]c2=O)cc1. The number of rotatable bonds is 4. The third kappa shape index (κ3) is 2.37. The highest BCUT2D eigenvalue weighted by Gasteiger charge is 2.08. The van der Waals surface area contributed by atoms with Crippen LogP contribution >= 0.6 is 0 Å². The van der Waals surface area contributed by atoms with Crippen molar-refractivity contribution in [3.8, 4) is 5.69 Å². The fraction of sp³-hybridized carbons (Fsp3) is 0.308. The molecule has 18 heavy (non-hydrogen) atoms. The number of aromatic nitrogens is 2. The second kappa shape index (κ2) is 5.20. The second-order valence-electron chi connectivity index (χ2n) is 4.24. The number of H-pyrrole nitrogens is 1. The fourth-order valence-corrected chi connectivity index (χ4v) is 1.93. The molecule has 1 aromatic carbocycles. The largest absolute Gasteiger partial charge is 0.387 e. The van der Waals surface area contributed by atoms with Gasteiger partial charge >= 0.3 is 5.69 Å². The predicted molar refractivity (Wildman–Crippen MR) is 70.0 cm³/mol. The standard InChI is InChI=1S/C13H17N3O2/c1-9-7-15-13(18)16(9)11-5-3-10(4-6-11)12(17)8-14-2/h3-7,12,14,17H,8H2,1-2H3,(H,15,18). The normalized spacial score (nSPS) is 12.6. The number of aliphatic hydroxyl groups is 1. The number of likely N-dealkylation sites (N-methyl/N-ethyl adjacent to an activating group) is 1. The van der Waals surface area contributed by atoms with E-state index in [1.807, 2.05) is 31.2 Å². The highest BCUT2D eigenvalue weighted by Crippen LogP contribution is 2.15. The van der Waals surface area contributed by atoms with E-state index in [0.717, 1.165) is 16.9 Å². The molecule has 0 aliphatic carbocycles. The quantitative estimate of drug-likeness (QED) is 0.746. The third-order valence-electron chi connectivity index (χ3n) is 2.89. The Morgan fingerprint density at radius 2 is 2.06 bits per heavy atom. The number of imidazole rings is 1. The van der Waals surface area contributed by atoms with Crippen LogP contribution in [0, 0.1) is 6.92 Å². The Bertz CT molecular complexity index is 569. The summed E-state index contributed by atoms with van der Waals surface area (Å²) in [6, 6.07) is 7.32. The van der Waals surface area contributed by atoms with Gasteiger partial charge in [-0.05, 0) is 31.7 Å². The van der Waals surface area contributed by atoms with Gasteiger partial charge < -0.3 is 15.4 Å². The van der Waals surface area contributed by atoms with Gasteiger partial charge in [0.15, 0.2) is 0 Å². The average Bonchev–Trinajstić information content (AvgIpc) is 2.70. The average molecular weight is 247 g/mol. The number of nitrogens with zero attached hydrogens (tertiary/aromatic N) is 1. The maximum absolute atomic E-state index is 11.6. The number of nitrogens with one attached hydrogen (secondary N) is 2. The summed E-state index contributed by atoms with van der Waals surface area (Å²) in [6.07, 6.45) is 1.14. The molecule has 3 N–H and O–H groups in total. The summed E-state index contributed by atoms with van der Waals surface area (Å²) < 4.78 is 1.59. The van der Waals surface area contributed by atoms with Crippen molar-refractivity contribution in [2.75, 3.05) is 13.6 Å². The van der Waals surface area contributed by atoms with E-state index < -0.39 is 6.10 Å². The molecule has 0 saturated carbocycles. The minimum atomic E-state index is -0.534. The minimum Gasteiger partial charge on any atom is -0.387 e. The van der Waals surface area contributed by atoms with E-state index >= 15 is 0 Å². The van der Waals surface area contributed by atoms with Crippen molar-refractivity contribution >= 4 is 0 Å². The Kier molecular flexibility index (Phi) is 3.64. The lowest BCUT2D eigenvalue weighted by Gasteiger charge is -2.11. The highest BCUT2D eigenvalue weighted by atomic mass is 16.3. The van der Waals surface area contributed by atoms with E-state index in [0.29, 0.717) is 6.54 Å². The maximum atomic E-state index is 11.6. The van der Waals surface area contributed by atoms with Crippen LogP contribution < -0.4 is 11.0 Å². The van der Waals surface area contributed by atoms with Crippen LogP contribution in [0.15, 0.2) is 35.3 Å². The fourth-order valence-electron chi connectivity index (χ4n) is 1.93. The van der Waals surface area contributed by atoms with E-state index in [1.54, 1.807) is 17.8 Å². The molecule has 0 saturated heterocycles. The first kappa shape index (κ1) is 12.6. The summed E-state index contributed by atoms with van der Waals surface area (Å²) in [5.41, 5.74) is 2.31. The third-order valence-corrected chi connectivity index (χ3v) is 2.89. The summed E-state index contributed by atoms with van der Waals surface area (Å²) in [4.78, 5) is 14.3. The van der Waals surface area contributed by atoms with Crippen LogP contribution in [0.1, 0.15) is 17.4 Å². The zero-order valence-corrected chi connectivity index (χ0v) is 10.5. The lowest BCUT2D eigenvalue weighted by Crippen LogP contribution is -2.17. The molecule has 96 valence electrons. The lowest BCUT2D eigenvalue weighted by molar-refractivity contribution is 0.178. The molecule has 2 rings (SSSR count). The van der Waals surface area contributed by atoms with Crippen molar-refractivity contribution in [1.82, 2.24) is 14.9 Å². The van der Waals surface area contributed by atoms with Crippen LogP contribution in [0.3, 0.4) is 0 Å². The van der Waals surface area contributed by atoms with Gasteiger partial charge in [-0.3, -0.25) is 4.57 Å². The molecule has 1 atom stereocenters. The van der Waals surface area contributed by atoms with Crippen LogP contribution in [0.4, 0.5) is 0 Å². The molecule has 5 heteroatoms. The zero-order chi connectivity index (χ0) is 13.1. The van der Waals surface area contributed by atoms with Crippen molar-refractivity contribution in [2.24, 2.45) is 0 Å². The van der Waals surface area contributed by atoms with E-state index in [1.165, 1.54) is 0 Å². The summed E-state index contributed by atoms with van der Waals surface area (Å²) >= 11 is 0. The van der Waals surface area contributed by atoms with Crippen LogP contribution in [0.2, 0.25) is 0 Å². The van der Waals surface area contributed by atoms with Crippen LogP contribution in [0.25, 0.3) is 5.69 Å². The van der Waals surface area contributed by atoms with E-state index in [-0.39, 0.29) is 5.69 Å². The van der Waals surface area contributed by atoms with Gasteiger partial charge in [0.25, 0.3) is 0 Å². The molecule has 0 aliphatic rings. The van der Waals surface area contributed by atoms with Gasteiger partial charge in [-0.1, -0.05) is 12.1 Å². The smallest absolute Gasteiger partial charge is 0.330 e. The zero-order valence-electron chi connectivity index (χ0n) is 10.5. The predicted octanol–water partition coefficient (Wildman–Crippen LogP) is 0.727. The molecule has 1 heterocycles. The summed E-state index contributed by atoms with van der Waals surface area (Å²) in [5.74, 6) is 0. The summed E-state index contributed by atoms with van der Waals surface area (Å²) in [5, 5.41) is 12.7. The highest BCUT2D eigenvalue weighted by molar-refractivity contribution is 5.36. The molecular weight excluding hydrogens is 230 g/mol. The van der Waals surface area contributed by atoms with Gasteiger partial charge in [0, 0.05) is 18.4 Å².